The Labute approximate surface area is 155 Å². The van der Waals surface area contributed by atoms with E-state index in [0.29, 0.717) is 11.8 Å². The molecule has 0 bridgehead atoms. The number of fused-ring (bicyclic) bond motifs is 1. The summed E-state index contributed by atoms with van der Waals surface area (Å²) in [6.45, 7) is 6.30. The smallest absolute Gasteiger partial charge is 0.0949 e. The third-order valence-corrected chi connectivity index (χ3v) is 5.56. The second kappa shape index (κ2) is 8.33. The van der Waals surface area contributed by atoms with Gasteiger partial charge in [0.2, 0.25) is 0 Å². The van der Waals surface area contributed by atoms with Crippen LogP contribution >= 0.6 is 0 Å². The van der Waals surface area contributed by atoms with Crippen molar-refractivity contribution in [1.82, 2.24) is 14.5 Å². The maximum atomic E-state index is 6.17. The summed E-state index contributed by atoms with van der Waals surface area (Å²) in [5.74, 6) is 1.04. The lowest BCUT2D eigenvalue weighted by Crippen LogP contribution is -2.36. The number of nitrogens with zero attached hydrogens (tertiary/aromatic N) is 3. The van der Waals surface area contributed by atoms with Crippen molar-refractivity contribution >= 4 is 0 Å². The molecule has 2 aliphatic heterocycles. The summed E-state index contributed by atoms with van der Waals surface area (Å²) in [4.78, 5) is 7.14. The van der Waals surface area contributed by atoms with E-state index in [2.05, 4.69) is 51.8 Å². The molecule has 5 nitrogen and oxygen atoms in total. The van der Waals surface area contributed by atoms with E-state index < -0.39 is 0 Å². The fourth-order valence-electron chi connectivity index (χ4n) is 4.19. The van der Waals surface area contributed by atoms with E-state index in [9.17, 15) is 0 Å². The van der Waals surface area contributed by atoms with Gasteiger partial charge in [-0.05, 0) is 24.3 Å². The predicted molar refractivity (Wildman–Crippen MR) is 101 cm³/mol. The zero-order chi connectivity index (χ0) is 17.8. The van der Waals surface area contributed by atoms with Crippen molar-refractivity contribution in [2.45, 2.75) is 31.8 Å². The van der Waals surface area contributed by atoms with E-state index in [1.165, 1.54) is 17.0 Å². The van der Waals surface area contributed by atoms with Crippen molar-refractivity contribution in [2.24, 2.45) is 13.0 Å². The van der Waals surface area contributed by atoms with Crippen molar-refractivity contribution in [1.29, 1.82) is 0 Å². The second-order valence-electron chi connectivity index (χ2n) is 7.63. The van der Waals surface area contributed by atoms with Crippen molar-refractivity contribution in [3.63, 3.8) is 0 Å². The molecule has 1 aromatic carbocycles. The van der Waals surface area contributed by atoms with E-state index in [1.54, 1.807) is 0 Å². The number of hydrogen-bond acceptors (Lipinski definition) is 4. The maximum absolute atomic E-state index is 6.17. The van der Waals surface area contributed by atoms with Crippen LogP contribution in [0.3, 0.4) is 0 Å². The second-order valence-corrected chi connectivity index (χ2v) is 7.63. The molecule has 0 spiro atoms. The Morgan fingerprint density at radius 1 is 1.15 bits per heavy atom. The lowest BCUT2D eigenvalue weighted by Gasteiger charge is -2.33. The topological polar surface area (TPSA) is 39.5 Å². The molecular formula is C21H29N3O2. The van der Waals surface area contributed by atoms with Gasteiger partial charge in [0.1, 0.15) is 0 Å². The third-order valence-electron chi connectivity index (χ3n) is 5.56. The van der Waals surface area contributed by atoms with Gasteiger partial charge in [-0.1, -0.05) is 30.3 Å². The largest absolute Gasteiger partial charge is 0.381 e. The highest BCUT2D eigenvalue weighted by atomic mass is 16.5. The molecule has 0 N–H and O–H groups in total. The minimum absolute atomic E-state index is 0.384. The first-order valence-corrected chi connectivity index (χ1v) is 9.71. The van der Waals surface area contributed by atoms with Crippen LogP contribution in [0, 0.1) is 5.92 Å². The summed E-state index contributed by atoms with van der Waals surface area (Å²) in [6.07, 6.45) is 4.20. The molecule has 1 fully saturated rings. The highest BCUT2D eigenvalue weighted by Crippen LogP contribution is 2.29. The molecule has 26 heavy (non-hydrogen) atoms. The van der Waals surface area contributed by atoms with Crippen molar-refractivity contribution in [3.8, 4) is 0 Å². The zero-order valence-corrected chi connectivity index (χ0v) is 15.6. The van der Waals surface area contributed by atoms with Gasteiger partial charge in [0, 0.05) is 58.1 Å². The van der Waals surface area contributed by atoms with Gasteiger partial charge in [0.05, 0.1) is 18.6 Å². The Bertz CT molecular complexity index is 695. The van der Waals surface area contributed by atoms with Crippen LogP contribution in [0.4, 0.5) is 0 Å². The number of imidazole rings is 1. The molecule has 5 heteroatoms. The number of aromatic nitrogens is 2. The molecule has 140 valence electrons. The molecule has 1 aromatic heterocycles. The highest BCUT2D eigenvalue weighted by Gasteiger charge is 2.29. The first-order valence-electron chi connectivity index (χ1n) is 9.71. The molecule has 1 atom stereocenters. The van der Waals surface area contributed by atoms with Gasteiger partial charge in [-0.15, -0.1) is 0 Å². The van der Waals surface area contributed by atoms with Gasteiger partial charge in [-0.25, -0.2) is 4.98 Å². The van der Waals surface area contributed by atoms with E-state index in [1.807, 2.05) is 6.33 Å². The molecule has 0 aliphatic carbocycles. The molecule has 0 saturated carbocycles. The molecule has 2 aliphatic rings. The van der Waals surface area contributed by atoms with Crippen LogP contribution in [0.2, 0.25) is 0 Å². The van der Waals surface area contributed by atoms with E-state index in [0.717, 1.165) is 58.9 Å². The minimum atomic E-state index is 0.384. The van der Waals surface area contributed by atoms with Crippen LogP contribution in [0.15, 0.2) is 36.7 Å². The van der Waals surface area contributed by atoms with E-state index in [-0.39, 0.29) is 0 Å². The molecule has 1 saturated heterocycles. The third kappa shape index (κ3) is 4.17. The van der Waals surface area contributed by atoms with Crippen LogP contribution in [0.25, 0.3) is 0 Å². The summed E-state index contributed by atoms with van der Waals surface area (Å²) < 4.78 is 13.8. The predicted octanol–water partition coefficient (Wildman–Crippen LogP) is 2.96. The number of hydrogen-bond donors (Lipinski definition) is 0. The van der Waals surface area contributed by atoms with Gasteiger partial charge in [-0.3, -0.25) is 4.90 Å². The summed E-state index contributed by atoms with van der Waals surface area (Å²) in [5, 5.41) is 0. The van der Waals surface area contributed by atoms with Crippen molar-refractivity contribution < 1.29 is 9.47 Å². The van der Waals surface area contributed by atoms with Crippen LogP contribution in [-0.4, -0.2) is 47.4 Å². The minimum Gasteiger partial charge on any atom is -0.381 e. The fraction of sp³-hybridized carbons (Fsp3) is 0.571. The number of rotatable bonds is 6. The quantitative estimate of drug-likeness (QED) is 0.799. The van der Waals surface area contributed by atoms with Crippen molar-refractivity contribution in [3.05, 3.63) is 53.6 Å². The average Bonchev–Trinajstić information content (AvgIpc) is 3.04. The van der Waals surface area contributed by atoms with Gasteiger partial charge in [0.15, 0.2) is 0 Å². The standard InChI is InChI=1S/C21H29N3O2/c1-23-16-22-20-13-24(11-17-5-3-2-4-6-17)12-19(21(20)23)15-26-14-18-7-9-25-10-8-18/h2-6,16,18-19H,7-15H2,1H3. The van der Waals surface area contributed by atoms with Gasteiger partial charge >= 0.3 is 0 Å². The maximum Gasteiger partial charge on any atom is 0.0949 e. The lowest BCUT2D eigenvalue weighted by molar-refractivity contribution is 0.0127. The Morgan fingerprint density at radius 3 is 2.77 bits per heavy atom. The molecule has 0 radical (unpaired) electrons. The molecule has 0 amide bonds. The monoisotopic (exact) mass is 355 g/mol. The zero-order valence-electron chi connectivity index (χ0n) is 15.6. The summed E-state index contributed by atoms with van der Waals surface area (Å²) in [6, 6.07) is 10.7. The summed E-state index contributed by atoms with van der Waals surface area (Å²) in [5.41, 5.74) is 3.91. The normalized spacial score (nSPS) is 21.7. The van der Waals surface area contributed by atoms with Crippen LogP contribution < -0.4 is 0 Å². The Kier molecular flexibility index (Phi) is 5.68. The fourth-order valence-corrected chi connectivity index (χ4v) is 4.19. The Morgan fingerprint density at radius 2 is 1.96 bits per heavy atom. The van der Waals surface area contributed by atoms with Crippen LogP contribution in [0.1, 0.15) is 35.7 Å². The van der Waals surface area contributed by atoms with E-state index in [4.69, 9.17) is 9.47 Å². The van der Waals surface area contributed by atoms with Crippen LogP contribution in [0.5, 0.6) is 0 Å². The summed E-state index contributed by atoms with van der Waals surface area (Å²) >= 11 is 0. The number of aryl methyl sites for hydroxylation is 1. The molecule has 2 aromatic rings. The lowest BCUT2D eigenvalue weighted by atomic mass is 9.98. The Hall–Kier alpha value is -1.69. The first-order chi connectivity index (χ1) is 12.8. The van der Waals surface area contributed by atoms with E-state index >= 15 is 0 Å². The SMILES string of the molecule is Cn1cnc2c1C(COCC1CCOCC1)CN(Cc1ccccc1)C2. The Balaban J connectivity index is 1.39. The molecular weight excluding hydrogens is 326 g/mol. The number of benzene rings is 1. The molecule has 4 rings (SSSR count). The average molecular weight is 355 g/mol. The highest BCUT2D eigenvalue weighted by molar-refractivity contribution is 5.23. The van der Waals surface area contributed by atoms with Gasteiger partial charge in [-0.2, -0.15) is 0 Å². The van der Waals surface area contributed by atoms with Gasteiger partial charge in [0.25, 0.3) is 0 Å². The van der Waals surface area contributed by atoms with Crippen molar-refractivity contribution in [2.75, 3.05) is 33.0 Å². The van der Waals surface area contributed by atoms with Crippen LogP contribution in [-0.2, 0) is 29.6 Å². The summed E-state index contributed by atoms with van der Waals surface area (Å²) in [7, 11) is 2.10. The van der Waals surface area contributed by atoms with Gasteiger partial charge < -0.3 is 14.0 Å². The molecule has 1 unspecified atom stereocenters. The molecule has 3 heterocycles. The first kappa shape index (κ1) is 17.7. The number of ether oxygens (including phenoxy) is 2.